The van der Waals surface area contributed by atoms with E-state index in [4.69, 9.17) is 9.47 Å². The van der Waals surface area contributed by atoms with Gasteiger partial charge in [-0.2, -0.15) is 0 Å². The number of alkyl carbamates (subject to hydrolysis) is 1. The van der Waals surface area contributed by atoms with Gasteiger partial charge in [0.25, 0.3) is 0 Å². The number of aromatic nitrogens is 1. The Morgan fingerprint density at radius 1 is 1.16 bits per heavy atom. The minimum atomic E-state index is -1.07. The van der Waals surface area contributed by atoms with Crippen LogP contribution in [-0.2, 0) is 20.8 Å². The fraction of sp³-hybridized carbons (Fsp3) is 0.500. The largest absolute Gasteiger partial charge is 0.468 e. The number of benzene rings is 1. The number of esters is 1. The smallest absolute Gasteiger partial charge is 0.416 e. The summed E-state index contributed by atoms with van der Waals surface area (Å²) >= 11 is 0. The van der Waals surface area contributed by atoms with Crippen molar-refractivity contribution in [3.63, 3.8) is 0 Å². The van der Waals surface area contributed by atoms with E-state index in [2.05, 4.69) is 10.6 Å². The molecule has 0 bridgehead atoms. The number of hydrogen-bond acceptors (Lipinski definition) is 6. The molecule has 2 aromatic rings. The first-order valence-electron chi connectivity index (χ1n) is 10.2. The van der Waals surface area contributed by atoms with Gasteiger partial charge in [-0.25, -0.2) is 9.59 Å². The Hall–Kier alpha value is -3.07. The van der Waals surface area contributed by atoms with Crippen LogP contribution in [0.5, 0.6) is 0 Å². The number of nitrogens with one attached hydrogen (secondary N) is 2. The van der Waals surface area contributed by atoms with Gasteiger partial charge >= 0.3 is 18.2 Å². The number of unbranched alkanes of at least 4 members (excludes halogenated alkanes) is 1. The molecule has 3 N–H and O–H groups in total. The maximum Gasteiger partial charge on any atom is 0.416 e. The van der Waals surface area contributed by atoms with Crippen molar-refractivity contribution in [1.82, 2.24) is 15.2 Å². The third kappa shape index (κ3) is 7.29. The number of hydrogen-bond donors (Lipinski definition) is 3. The van der Waals surface area contributed by atoms with E-state index in [1.54, 1.807) is 39.1 Å². The number of para-hydroxylation sites is 1. The monoisotopic (exact) mass is 433 g/mol. The first-order valence-corrected chi connectivity index (χ1v) is 10.2. The fourth-order valence-electron chi connectivity index (χ4n) is 3.21. The second-order valence-electron chi connectivity index (χ2n) is 8.21. The van der Waals surface area contributed by atoms with Gasteiger partial charge in [0.05, 0.1) is 12.6 Å². The molecular formula is C22H31N3O6. The molecule has 0 radical (unpaired) electrons. The van der Waals surface area contributed by atoms with Gasteiger partial charge in [0.2, 0.25) is 0 Å². The summed E-state index contributed by atoms with van der Waals surface area (Å²) in [4.78, 5) is 35.3. The first kappa shape index (κ1) is 24.2. The highest BCUT2D eigenvalue weighted by molar-refractivity contribution is 5.91. The van der Waals surface area contributed by atoms with E-state index in [9.17, 15) is 19.5 Å². The van der Waals surface area contributed by atoms with Crippen LogP contribution in [0.2, 0.25) is 0 Å². The predicted octanol–water partition coefficient (Wildman–Crippen LogP) is 3.49. The van der Waals surface area contributed by atoms with Crippen LogP contribution in [-0.4, -0.2) is 53.1 Å². The number of nitrogens with zero attached hydrogens (tertiary/aromatic N) is 1. The highest BCUT2D eigenvalue weighted by atomic mass is 16.6. The lowest BCUT2D eigenvalue weighted by Gasteiger charge is -2.20. The van der Waals surface area contributed by atoms with Crippen LogP contribution < -0.4 is 10.6 Å². The highest BCUT2D eigenvalue weighted by Crippen LogP contribution is 2.21. The molecule has 1 atom stereocenters. The van der Waals surface area contributed by atoms with Crippen molar-refractivity contribution in [2.24, 2.45) is 0 Å². The van der Waals surface area contributed by atoms with Crippen molar-refractivity contribution in [3.8, 4) is 0 Å². The SMILES string of the molecule is COC(=O)C(CCCCNC(=O)OC(C)(C)C)NCc1cn(C(=O)O)c2ccccc12. The van der Waals surface area contributed by atoms with E-state index < -0.39 is 23.8 Å². The molecule has 31 heavy (non-hydrogen) atoms. The van der Waals surface area contributed by atoms with Crippen molar-refractivity contribution < 1.29 is 29.0 Å². The van der Waals surface area contributed by atoms with Crippen LogP contribution in [0.15, 0.2) is 30.5 Å². The second kappa shape index (κ2) is 10.8. The Morgan fingerprint density at radius 2 is 1.87 bits per heavy atom. The molecule has 1 unspecified atom stereocenters. The molecular weight excluding hydrogens is 402 g/mol. The standard InChI is InChI=1S/C22H31N3O6/c1-22(2,3)31-20(27)23-12-8-7-10-17(19(26)30-4)24-13-15-14-25(21(28)29)18-11-6-5-9-16(15)18/h5-6,9,11,14,17,24H,7-8,10,12-13H2,1-4H3,(H,23,27)(H,28,29). The summed E-state index contributed by atoms with van der Waals surface area (Å²) in [6, 6.07) is 6.66. The molecule has 0 saturated carbocycles. The maximum absolute atomic E-state index is 12.2. The lowest BCUT2D eigenvalue weighted by Crippen LogP contribution is -2.37. The molecule has 9 nitrogen and oxygen atoms in total. The van der Waals surface area contributed by atoms with E-state index >= 15 is 0 Å². The number of carboxylic acid groups (broad SMARTS) is 1. The molecule has 1 amide bonds. The lowest BCUT2D eigenvalue weighted by atomic mass is 10.1. The molecule has 0 fully saturated rings. The lowest BCUT2D eigenvalue weighted by molar-refractivity contribution is -0.143. The van der Waals surface area contributed by atoms with Crippen molar-refractivity contribution in [2.75, 3.05) is 13.7 Å². The van der Waals surface area contributed by atoms with Gasteiger partial charge < -0.3 is 25.2 Å². The Morgan fingerprint density at radius 3 is 2.52 bits per heavy atom. The molecule has 0 aliphatic carbocycles. The molecule has 9 heteroatoms. The molecule has 1 heterocycles. The number of amides is 1. The van der Waals surface area contributed by atoms with Crippen LogP contribution >= 0.6 is 0 Å². The van der Waals surface area contributed by atoms with Crippen molar-refractivity contribution >= 4 is 29.1 Å². The van der Waals surface area contributed by atoms with E-state index in [1.807, 2.05) is 12.1 Å². The van der Waals surface area contributed by atoms with E-state index in [1.165, 1.54) is 11.7 Å². The fourth-order valence-corrected chi connectivity index (χ4v) is 3.21. The van der Waals surface area contributed by atoms with Gasteiger partial charge in [-0.1, -0.05) is 18.2 Å². The Labute approximate surface area is 181 Å². The number of rotatable bonds is 9. The summed E-state index contributed by atoms with van der Waals surface area (Å²) in [6.07, 6.45) is 1.89. The molecule has 1 aromatic carbocycles. The van der Waals surface area contributed by atoms with Gasteiger partial charge in [-0.15, -0.1) is 0 Å². The summed E-state index contributed by atoms with van der Waals surface area (Å²) in [5.74, 6) is -0.387. The third-order valence-electron chi connectivity index (χ3n) is 4.61. The van der Waals surface area contributed by atoms with E-state index in [-0.39, 0.29) is 5.97 Å². The van der Waals surface area contributed by atoms with Crippen molar-refractivity contribution in [1.29, 1.82) is 0 Å². The van der Waals surface area contributed by atoms with Crippen LogP contribution in [0.25, 0.3) is 10.9 Å². The van der Waals surface area contributed by atoms with Gasteiger partial charge in [0.15, 0.2) is 0 Å². The Kier molecular flexibility index (Phi) is 8.44. The molecule has 1 aromatic heterocycles. The van der Waals surface area contributed by atoms with Crippen LogP contribution in [0.1, 0.15) is 45.6 Å². The van der Waals surface area contributed by atoms with Crippen LogP contribution in [0.3, 0.4) is 0 Å². The third-order valence-corrected chi connectivity index (χ3v) is 4.61. The summed E-state index contributed by atoms with van der Waals surface area (Å²) in [5.41, 5.74) is 0.821. The quantitative estimate of drug-likeness (QED) is 0.409. The molecule has 0 spiro atoms. The van der Waals surface area contributed by atoms with Crippen molar-refractivity contribution in [3.05, 3.63) is 36.0 Å². The van der Waals surface area contributed by atoms with Crippen LogP contribution in [0.4, 0.5) is 9.59 Å². The zero-order valence-corrected chi connectivity index (χ0v) is 18.4. The van der Waals surface area contributed by atoms with Crippen LogP contribution in [0, 0.1) is 0 Å². The maximum atomic E-state index is 12.2. The topological polar surface area (TPSA) is 119 Å². The second-order valence-corrected chi connectivity index (χ2v) is 8.21. The molecule has 0 saturated heterocycles. The number of methoxy groups -OCH3 is 1. The average molecular weight is 434 g/mol. The zero-order valence-electron chi connectivity index (χ0n) is 18.4. The predicted molar refractivity (Wildman–Crippen MR) is 116 cm³/mol. The summed E-state index contributed by atoms with van der Waals surface area (Å²) in [6.45, 7) is 6.15. The number of carbonyl (C=O) groups excluding carboxylic acids is 2. The number of carbonyl (C=O) groups is 3. The Bertz CT molecular complexity index is 916. The van der Waals surface area contributed by atoms with E-state index in [0.29, 0.717) is 37.9 Å². The highest BCUT2D eigenvalue weighted by Gasteiger charge is 2.20. The molecule has 170 valence electrons. The minimum Gasteiger partial charge on any atom is -0.468 e. The zero-order chi connectivity index (χ0) is 23.0. The van der Waals surface area contributed by atoms with E-state index in [0.717, 1.165) is 10.9 Å². The van der Waals surface area contributed by atoms with Gasteiger partial charge in [0.1, 0.15) is 11.6 Å². The van der Waals surface area contributed by atoms with Gasteiger partial charge in [-0.05, 0) is 51.7 Å². The normalized spacial score (nSPS) is 12.4. The summed E-state index contributed by atoms with van der Waals surface area (Å²) in [7, 11) is 1.33. The molecule has 0 aliphatic heterocycles. The van der Waals surface area contributed by atoms with Gasteiger partial charge in [-0.3, -0.25) is 9.36 Å². The number of fused-ring (bicyclic) bond motifs is 1. The molecule has 0 aliphatic rings. The summed E-state index contributed by atoms with van der Waals surface area (Å²) < 4.78 is 11.2. The molecule has 2 rings (SSSR count). The number of ether oxygens (including phenoxy) is 2. The Balaban J connectivity index is 1.90. The van der Waals surface area contributed by atoms with Crippen molar-refractivity contribution in [2.45, 2.75) is 58.2 Å². The minimum absolute atomic E-state index is 0.316. The van der Waals surface area contributed by atoms with Gasteiger partial charge in [0, 0.05) is 24.7 Å². The average Bonchev–Trinajstić information content (AvgIpc) is 3.07. The first-order chi connectivity index (χ1) is 14.6. The summed E-state index contributed by atoms with van der Waals surface area (Å²) in [5, 5.41) is 16.1.